The summed E-state index contributed by atoms with van der Waals surface area (Å²) in [6, 6.07) is 5.29. The van der Waals surface area contributed by atoms with E-state index in [1.807, 2.05) is 22.7 Å². The molecule has 3 heteroatoms. The van der Waals surface area contributed by atoms with E-state index in [2.05, 4.69) is 41.3 Å². The molecule has 1 unspecified atom stereocenters. The zero-order chi connectivity index (χ0) is 13.2. The second kappa shape index (κ2) is 5.68. The van der Waals surface area contributed by atoms with Crippen LogP contribution in [0.5, 0.6) is 0 Å². The maximum atomic E-state index is 2.62. The summed E-state index contributed by atoms with van der Waals surface area (Å²) in [5.74, 6) is 0. The van der Waals surface area contributed by atoms with Gasteiger partial charge in [-0.2, -0.15) is 0 Å². The molecule has 0 N–H and O–H groups in total. The fourth-order valence-corrected chi connectivity index (χ4v) is 4.98. The first-order valence-electron chi connectivity index (χ1n) is 7.31. The fraction of sp³-hybridized carbons (Fsp3) is 0.500. The topological polar surface area (TPSA) is 4.93 Å². The van der Waals surface area contributed by atoms with Crippen molar-refractivity contribution in [1.82, 2.24) is 4.57 Å². The maximum Gasteiger partial charge on any atom is 0.0700 e. The molecule has 0 fully saturated rings. The Kier molecular flexibility index (Phi) is 3.94. The summed E-state index contributed by atoms with van der Waals surface area (Å²) >= 11 is 3.78. The van der Waals surface area contributed by atoms with E-state index in [0.29, 0.717) is 6.04 Å². The zero-order valence-corrected chi connectivity index (χ0v) is 13.3. The molecule has 1 atom stereocenters. The molecule has 3 aromatic heterocycles. The van der Waals surface area contributed by atoms with Crippen molar-refractivity contribution in [3.05, 3.63) is 22.9 Å². The lowest BCUT2D eigenvalue weighted by atomic mass is 10.0. The van der Waals surface area contributed by atoms with Crippen LogP contribution in [0.2, 0.25) is 0 Å². The van der Waals surface area contributed by atoms with Gasteiger partial charge in [-0.15, -0.1) is 22.7 Å². The number of hydrogen-bond acceptors (Lipinski definition) is 2. The summed E-state index contributed by atoms with van der Waals surface area (Å²) in [5.41, 5.74) is 2.92. The number of thiophene rings is 2. The molecule has 0 saturated carbocycles. The van der Waals surface area contributed by atoms with Gasteiger partial charge in [0.25, 0.3) is 0 Å². The number of nitrogens with zero attached hydrogens (tertiary/aromatic N) is 1. The zero-order valence-electron chi connectivity index (χ0n) is 11.7. The number of unbranched alkanes of at least 4 members (excludes halogenated alkanes) is 1. The van der Waals surface area contributed by atoms with Crippen molar-refractivity contribution >= 4 is 43.1 Å². The molecule has 3 heterocycles. The largest absolute Gasteiger partial charge is 0.336 e. The fourth-order valence-electron chi connectivity index (χ4n) is 3.02. The van der Waals surface area contributed by atoms with E-state index in [9.17, 15) is 0 Å². The molecule has 3 aromatic rings. The van der Waals surface area contributed by atoms with E-state index in [1.54, 1.807) is 0 Å². The van der Waals surface area contributed by atoms with Gasteiger partial charge in [0, 0.05) is 6.04 Å². The van der Waals surface area contributed by atoms with Crippen molar-refractivity contribution < 1.29 is 0 Å². The minimum Gasteiger partial charge on any atom is -0.336 e. The van der Waals surface area contributed by atoms with Gasteiger partial charge in [0.05, 0.1) is 20.4 Å². The lowest BCUT2D eigenvalue weighted by Crippen LogP contribution is -2.08. The molecular weight excluding hydrogens is 270 g/mol. The summed E-state index contributed by atoms with van der Waals surface area (Å²) < 4.78 is 5.60. The van der Waals surface area contributed by atoms with Crippen molar-refractivity contribution in [1.29, 1.82) is 0 Å². The highest BCUT2D eigenvalue weighted by Gasteiger charge is 2.18. The Labute approximate surface area is 122 Å². The van der Waals surface area contributed by atoms with Gasteiger partial charge in [0.2, 0.25) is 0 Å². The molecule has 19 heavy (non-hydrogen) atoms. The maximum absolute atomic E-state index is 2.62. The summed E-state index contributed by atoms with van der Waals surface area (Å²) in [6.07, 6.45) is 6.50. The Bertz CT molecular complexity index is 611. The van der Waals surface area contributed by atoms with Crippen LogP contribution in [0.4, 0.5) is 0 Å². The van der Waals surface area contributed by atoms with Crippen LogP contribution in [0.25, 0.3) is 20.4 Å². The lowest BCUT2D eigenvalue weighted by Gasteiger charge is -2.20. The third kappa shape index (κ3) is 2.23. The van der Waals surface area contributed by atoms with Crippen LogP contribution in [-0.4, -0.2) is 4.57 Å². The van der Waals surface area contributed by atoms with E-state index >= 15 is 0 Å². The van der Waals surface area contributed by atoms with Crippen molar-refractivity contribution in [2.75, 3.05) is 0 Å². The van der Waals surface area contributed by atoms with Gasteiger partial charge in [-0.05, 0) is 35.7 Å². The quantitative estimate of drug-likeness (QED) is 0.492. The minimum absolute atomic E-state index is 0.675. The molecule has 0 aromatic carbocycles. The van der Waals surface area contributed by atoms with Gasteiger partial charge >= 0.3 is 0 Å². The van der Waals surface area contributed by atoms with E-state index < -0.39 is 0 Å². The molecule has 0 bridgehead atoms. The molecule has 0 aliphatic heterocycles. The molecule has 1 nitrogen and oxygen atoms in total. The van der Waals surface area contributed by atoms with Crippen LogP contribution < -0.4 is 0 Å². The smallest absolute Gasteiger partial charge is 0.0700 e. The lowest BCUT2D eigenvalue weighted by molar-refractivity contribution is 0.437. The van der Waals surface area contributed by atoms with E-state index in [0.717, 1.165) is 0 Å². The normalized spacial score (nSPS) is 13.6. The Morgan fingerprint density at radius 2 is 1.58 bits per heavy atom. The van der Waals surface area contributed by atoms with E-state index in [-0.39, 0.29) is 0 Å². The Morgan fingerprint density at radius 1 is 0.947 bits per heavy atom. The molecule has 0 aliphatic carbocycles. The monoisotopic (exact) mass is 291 g/mol. The average molecular weight is 291 g/mol. The highest BCUT2D eigenvalue weighted by molar-refractivity contribution is 7.25. The predicted molar refractivity (Wildman–Crippen MR) is 88.7 cm³/mol. The molecule has 3 rings (SSSR count). The summed E-state index contributed by atoms with van der Waals surface area (Å²) in [7, 11) is 0. The van der Waals surface area contributed by atoms with Gasteiger partial charge < -0.3 is 4.57 Å². The van der Waals surface area contributed by atoms with Gasteiger partial charge in [-0.1, -0.05) is 33.1 Å². The summed E-state index contributed by atoms with van der Waals surface area (Å²) in [4.78, 5) is 0. The molecule has 0 radical (unpaired) electrons. The first-order chi connectivity index (χ1) is 9.36. The van der Waals surface area contributed by atoms with Crippen LogP contribution in [0.3, 0.4) is 0 Å². The minimum atomic E-state index is 0.675. The van der Waals surface area contributed by atoms with Crippen molar-refractivity contribution in [3.8, 4) is 0 Å². The number of rotatable bonds is 6. The summed E-state index contributed by atoms with van der Waals surface area (Å²) in [6.45, 7) is 4.59. The number of hydrogen-bond donors (Lipinski definition) is 0. The Morgan fingerprint density at radius 3 is 2.11 bits per heavy atom. The van der Waals surface area contributed by atoms with E-state index in [4.69, 9.17) is 0 Å². The Hall–Kier alpha value is -0.800. The number of fused-ring (bicyclic) bond motifs is 3. The van der Waals surface area contributed by atoms with Crippen LogP contribution >= 0.6 is 22.7 Å². The third-order valence-corrected chi connectivity index (χ3v) is 5.86. The van der Waals surface area contributed by atoms with E-state index in [1.165, 1.54) is 52.5 Å². The van der Waals surface area contributed by atoms with Gasteiger partial charge in [0.15, 0.2) is 0 Å². The van der Waals surface area contributed by atoms with Crippen LogP contribution in [-0.2, 0) is 0 Å². The molecular formula is C16H21NS2. The molecule has 102 valence electrons. The molecule has 0 aliphatic rings. The van der Waals surface area contributed by atoms with Gasteiger partial charge in [-0.3, -0.25) is 0 Å². The van der Waals surface area contributed by atoms with Crippen molar-refractivity contribution in [2.45, 2.75) is 52.0 Å². The predicted octanol–water partition coefficient (Wildman–Crippen LogP) is 6.45. The van der Waals surface area contributed by atoms with Crippen molar-refractivity contribution in [3.63, 3.8) is 0 Å². The highest BCUT2D eigenvalue weighted by atomic mass is 32.1. The summed E-state index contributed by atoms with van der Waals surface area (Å²) in [5, 5.41) is 4.48. The molecule has 0 saturated heterocycles. The van der Waals surface area contributed by atoms with Gasteiger partial charge in [0.1, 0.15) is 0 Å². The Balaban J connectivity index is 2.11. The molecule has 0 spiro atoms. The van der Waals surface area contributed by atoms with Crippen LogP contribution in [0.15, 0.2) is 22.9 Å². The second-order valence-electron chi connectivity index (χ2n) is 5.22. The second-order valence-corrected chi connectivity index (χ2v) is 7.06. The first-order valence-corrected chi connectivity index (χ1v) is 9.07. The molecule has 0 amide bonds. The van der Waals surface area contributed by atoms with Gasteiger partial charge in [-0.25, -0.2) is 0 Å². The number of aromatic nitrogens is 1. The third-order valence-electron chi connectivity index (χ3n) is 3.89. The van der Waals surface area contributed by atoms with Crippen LogP contribution in [0.1, 0.15) is 52.0 Å². The van der Waals surface area contributed by atoms with Crippen LogP contribution in [0, 0.1) is 0 Å². The first kappa shape index (κ1) is 13.2. The average Bonchev–Trinajstić information content (AvgIpc) is 3.07. The van der Waals surface area contributed by atoms with Crippen molar-refractivity contribution in [2.24, 2.45) is 0 Å². The standard InChI is InChI=1S/C16H21NS2/c1-3-5-7-12(6-4-2)17-13-8-10-18-15(13)16-14(17)9-11-19-16/h8-12H,3-7H2,1-2H3. The SMILES string of the molecule is CCCCC(CCC)n1c2ccsc2c2sccc21. The highest BCUT2D eigenvalue weighted by Crippen LogP contribution is 2.40.